The van der Waals surface area contributed by atoms with Crippen LogP contribution in [0.1, 0.15) is 43.2 Å². The first kappa shape index (κ1) is 14.1. The Kier molecular flexibility index (Phi) is 4.49. The quantitative estimate of drug-likeness (QED) is 0.610. The maximum Gasteiger partial charge on any atom is 0.130 e. The molecule has 0 N–H and O–H groups in total. The average molecular weight is 280 g/mol. The smallest absolute Gasteiger partial charge is 0.130 e. The van der Waals surface area contributed by atoms with Crippen LogP contribution in [0.25, 0.3) is 11.6 Å². The van der Waals surface area contributed by atoms with Gasteiger partial charge in [-0.2, -0.15) is 0 Å². The van der Waals surface area contributed by atoms with Crippen LogP contribution in [0.4, 0.5) is 4.39 Å². The Morgan fingerprint density at radius 2 is 1.52 bits per heavy atom. The van der Waals surface area contributed by atoms with Gasteiger partial charge in [-0.1, -0.05) is 67.8 Å². The van der Waals surface area contributed by atoms with Crippen LogP contribution < -0.4 is 0 Å². The number of rotatable bonds is 3. The Morgan fingerprint density at radius 3 is 2.24 bits per heavy atom. The third-order valence-electron chi connectivity index (χ3n) is 4.37. The fraction of sp³-hybridized carbons (Fsp3) is 0.300. The van der Waals surface area contributed by atoms with Gasteiger partial charge in [0.05, 0.1) is 0 Å². The van der Waals surface area contributed by atoms with E-state index in [-0.39, 0.29) is 5.82 Å². The summed E-state index contributed by atoms with van der Waals surface area (Å²) in [4.78, 5) is 0. The van der Waals surface area contributed by atoms with Gasteiger partial charge in [0, 0.05) is 5.56 Å². The summed E-state index contributed by atoms with van der Waals surface area (Å²) in [5.41, 5.74) is 3.22. The van der Waals surface area contributed by atoms with Gasteiger partial charge in [0.1, 0.15) is 5.82 Å². The van der Waals surface area contributed by atoms with Crippen molar-refractivity contribution in [3.8, 4) is 0 Å². The van der Waals surface area contributed by atoms with Gasteiger partial charge in [-0.25, -0.2) is 4.39 Å². The molecule has 0 aromatic heterocycles. The molecule has 0 spiro atoms. The normalized spacial score (nSPS) is 16.9. The molecule has 0 unspecified atom stereocenters. The molecule has 1 aliphatic rings. The summed E-state index contributed by atoms with van der Waals surface area (Å²) in [6.45, 7) is 0. The van der Waals surface area contributed by atoms with E-state index in [1.165, 1.54) is 49.3 Å². The van der Waals surface area contributed by atoms with Gasteiger partial charge in [0.25, 0.3) is 0 Å². The van der Waals surface area contributed by atoms with Gasteiger partial charge in [0.2, 0.25) is 0 Å². The standard InChI is InChI=1S/C20H21F/c21-20-14-8-7-13-18(20)15-19(16-9-3-1-4-10-16)17-11-5-2-6-12-17/h1,3-4,7-10,13-15,17H,2,5-6,11-12H2/b19-15-. The lowest BCUT2D eigenvalue weighted by molar-refractivity contribution is 0.430. The van der Waals surface area contributed by atoms with E-state index in [0.717, 1.165) is 0 Å². The Balaban J connectivity index is 2.01. The van der Waals surface area contributed by atoms with Crippen LogP contribution in [0.5, 0.6) is 0 Å². The predicted molar refractivity (Wildman–Crippen MR) is 87.3 cm³/mol. The average Bonchev–Trinajstić information content (AvgIpc) is 2.56. The van der Waals surface area contributed by atoms with E-state index in [2.05, 4.69) is 30.3 Å². The minimum Gasteiger partial charge on any atom is -0.206 e. The van der Waals surface area contributed by atoms with E-state index in [0.29, 0.717) is 11.5 Å². The number of hydrogen-bond acceptors (Lipinski definition) is 0. The van der Waals surface area contributed by atoms with E-state index in [1.54, 1.807) is 6.07 Å². The van der Waals surface area contributed by atoms with Gasteiger partial charge < -0.3 is 0 Å². The minimum atomic E-state index is -0.137. The molecule has 0 saturated heterocycles. The van der Waals surface area contributed by atoms with Gasteiger partial charge in [0.15, 0.2) is 0 Å². The molecule has 0 atom stereocenters. The summed E-state index contributed by atoms with van der Waals surface area (Å²) < 4.78 is 14.0. The maximum atomic E-state index is 14.0. The van der Waals surface area contributed by atoms with Crippen LogP contribution in [0.3, 0.4) is 0 Å². The largest absolute Gasteiger partial charge is 0.206 e. The van der Waals surface area contributed by atoms with Crippen LogP contribution >= 0.6 is 0 Å². The molecule has 2 aromatic carbocycles. The zero-order chi connectivity index (χ0) is 14.5. The van der Waals surface area contributed by atoms with Gasteiger partial charge in [-0.3, -0.25) is 0 Å². The van der Waals surface area contributed by atoms with Gasteiger partial charge in [-0.15, -0.1) is 0 Å². The lowest BCUT2D eigenvalue weighted by Gasteiger charge is -2.25. The first-order valence-electron chi connectivity index (χ1n) is 7.86. The molecule has 108 valence electrons. The van der Waals surface area contributed by atoms with Crippen molar-refractivity contribution in [2.24, 2.45) is 5.92 Å². The molecule has 0 bridgehead atoms. The number of benzene rings is 2. The van der Waals surface area contributed by atoms with Crippen molar-refractivity contribution < 1.29 is 4.39 Å². The van der Waals surface area contributed by atoms with Crippen LogP contribution in [-0.4, -0.2) is 0 Å². The first-order valence-corrected chi connectivity index (χ1v) is 7.86. The molecule has 1 heteroatoms. The highest BCUT2D eigenvalue weighted by Crippen LogP contribution is 2.36. The summed E-state index contributed by atoms with van der Waals surface area (Å²) in [6, 6.07) is 17.5. The molecule has 1 fully saturated rings. The highest BCUT2D eigenvalue weighted by Gasteiger charge is 2.19. The molecular formula is C20H21F. The van der Waals surface area contributed by atoms with Crippen LogP contribution in [0.15, 0.2) is 54.6 Å². The SMILES string of the molecule is Fc1ccccc1/C=C(/c1ccccc1)C1CCCCC1. The van der Waals surface area contributed by atoms with Gasteiger partial charge in [-0.05, 0) is 42.0 Å². The summed E-state index contributed by atoms with van der Waals surface area (Å²) in [5, 5.41) is 0. The molecule has 0 amide bonds. The Morgan fingerprint density at radius 1 is 0.857 bits per heavy atom. The van der Waals surface area contributed by atoms with Crippen LogP contribution in [0, 0.1) is 11.7 Å². The van der Waals surface area contributed by atoms with Gasteiger partial charge >= 0.3 is 0 Å². The van der Waals surface area contributed by atoms with Crippen LogP contribution in [0.2, 0.25) is 0 Å². The predicted octanol–water partition coefficient (Wildman–Crippen LogP) is 5.95. The van der Waals surface area contributed by atoms with Crippen molar-refractivity contribution in [3.63, 3.8) is 0 Å². The van der Waals surface area contributed by atoms with Crippen molar-refractivity contribution in [2.75, 3.05) is 0 Å². The van der Waals surface area contributed by atoms with Crippen molar-refractivity contribution in [3.05, 3.63) is 71.5 Å². The fourth-order valence-electron chi connectivity index (χ4n) is 3.24. The van der Waals surface area contributed by atoms with E-state index < -0.39 is 0 Å². The van der Waals surface area contributed by atoms with E-state index in [4.69, 9.17) is 0 Å². The Labute approximate surface area is 126 Å². The lowest BCUT2D eigenvalue weighted by atomic mass is 9.80. The summed E-state index contributed by atoms with van der Waals surface area (Å²) in [7, 11) is 0. The number of allylic oxidation sites excluding steroid dienone is 1. The third kappa shape index (κ3) is 3.41. The first-order chi connectivity index (χ1) is 10.3. The second-order valence-electron chi connectivity index (χ2n) is 5.82. The van der Waals surface area contributed by atoms with Crippen molar-refractivity contribution in [1.29, 1.82) is 0 Å². The monoisotopic (exact) mass is 280 g/mol. The van der Waals surface area contributed by atoms with Crippen molar-refractivity contribution in [1.82, 2.24) is 0 Å². The number of halogens is 1. The molecule has 3 rings (SSSR count). The van der Waals surface area contributed by atoms with E-state index in [1.807, 2.05) is 18.2 Å². The van der Waals surface area contributed by atoms with E-state index >= 15 is 0 Å². The zero-order valence-corrected chi connectivity index (χ0v) is 12.3. The van der Waals surface area contributed by atoms with Crippen LogP contribution in [-0.2, 0) is 0 Å². The highest BCUT2D eigenvalue weighted by atomic mass is 19.1. The molecule has 2 aromatic rings. The number of hydrogen-bond donors (Lipinski definition) is 0. The Hall–Kier alpha value is -1.89. The maximum absolute atomic E-state index is 14.0. The molecule has 0 heterocycles. The second kappa shape index (κ2) is 6.71. The molecule has 0 nitrogen and oxygen atoms in total. The van der Waals surface area contributed by atoms with Crippen molar-refractivity contribution >= 4 is 11.6 Å². The fourth-order valence-corrected chi connectivity index (χ4v) is 3.24. The molecule has 21 heavy (non-hydrogen) atoms. The summed E-state index contributed by atoms with van der Waals surface area (Å²) >= 11 is 0. The molecule has 1 aliphatic carbocycles. The topological polar surface area (TPSA) is 0 Å². The van der Waals surface area contributed by atoms with Crippen molar-refractivity contribution in [2.45, 2.75) is 32.1 Å². The molecule has 0 radical (unpaired) electrons. The molecular weight excluding hydrogens is 259 g/mol. The molecule has 1 saturated carbocycles. The zero-order valence-electron chi connectivity index (χ0n) is 12.3. The Bertz CT molecular complexity index is 607. The molecule has 0 aliphatic heterocycles. The lowest BCUT2D eigenvalue weighted by Crippen LogP contribution is -2.08. The second-order valence-corrected chi connectivity index (χ2v) is 5.82. The highest BCUT2D eigenvalue weighted by molar-refractivity contribution is 5.82. The minimum absolute atomic E-state index is 0.137. The summed E-state index contributed by atoms with van der Waals surface area (Å²) in [5.74, 6) is 0.419. The van der Waals surface area contributed by atoms with E-state index in [9.17, 15) is 4.39 Å². The third-order valence-corrected chi connectivity index (χ3v) is 4.37. The summed E-state index contributed by atoms with van der Waals surface area (Å²) in [6.07, 6.45) is 8.39.